The van der Waals surface area contributed by atoms with Gasteiger partial charge in [-0.05, 0) is 66.1 Å². The number of benzene rings is 4. The first-order valence-electron chi connectivity index (χ1n) is 11.9. The van der Waals surface area contributed by atoms with Gasteiger partial charge in [0.1, 0.15) is 5.75 Å². The van der Waals surface area contributed by atoms with Crippen LogP contribution in [0, 0.1) is 6.92 Å². The second-order valence-electron chi connectivity index (χ2n) is 8.80. The number of carbonyl (C=O) groups is 2. The summed E-state index contributed by atoms with van der Waals surface area (Å²) in [6.45, 7) is 2.62. The van der Waals surface area contributed by atoms with Crippen LogP contribution in [-0.4, -0.2) is 23.1 Å². The average Bonchev–Trinajstić information content (AvgIpc) is 3.02. The number of fused-ring (bicyclic) bond motifs is 2. The summed E-state index contributed by atoms with van der Waals surface area (Å²) in [5.74, 6) is 0.212. The smallest absolute Gasteiger partial charge is 0.259 e. The summed E-state index contributed by atoms with van der Waals surface area (Å²) in [6.07, 6.45) is 0. The highest BCUT2D eigenvalue weighted by Crippen LogP contribution is 2.36. The molecule has 4 aromatic rings. The van der Waals surface area contributed by atoms with Crippen LogP contribution < -0.4 is 15.0 Å². The third-order valence-electron chi connectivity index (χ3n) is 6.48. The number of carbonyl (C=O) groups excluding carboxylic acids is 2. The van der Waals surface area contributed by atoms with Crippen LogP contribution in [0.15, 0.2) is 101 Å². The molecule has 0 saturated heterocycles. The minimum atomic E-state index is -1.58. The summed E-state index contributed by atoms with van der Waals surface area (Å²) in [5, 5.41) is 2.93. The summed E-state index contributed by atoms with van der Waals surface area (Å²) < 4.78 is 18.8. The molecule has 0 aromatic heterocycles. The van der Waals surface area contributed by atoms with Crippen LogP contribution in [0.4, 0.5) is 5.69 Å². The third kappa shape index (κ3) is 4.90. The lowest BCUT2D eigenvalue weighted by molar-refractivity contribution is 0.0947. The molecule has 1 atom stereocenters. The number of hydrogen-bond donors (Lipinski definition) is 1. The number of amides is 2. The van der Waals surface area contributed by atoms with E-state index in [0.717, 1.165) is 22.4 Å². The molecule has 1 heterocycles. The summed E-state index contributed by atoms with van der Waals surface area (Å²) >= 11 is 0. The zero-order chi connectivity index (χ0) is 25.9. The summed E-state index contributed by atoms with van der Waals surface area (Å²) in [4.78, 5) is 29.5. The van der Waals surface area contributed by atoms with Crippen molar-refractivity contribution in [1.82, 2.24) is 5.32 Å². The van der Waals surface area contributed by atoms with Gasteiger partial charge in [0.15, 0.2) is 0 Å². The fraction of sp³-hybridized carbons (Fsp3) is 0.133. The van der Waals surface area contributed by atoms with Crippen LogP contribution in [-0.2, 0) is 23.9 Å². The van der Waals surface area contributed by atoms with E-state index in [1.165, 1.54) is 0 Å². The number of ether oxygens (including phenoxy) is 1. The Kier molecular flexibility index (Phi) is 6.88. The van der Waals surface area contributed by atoms with E-state index >= 15 is 0 Å². The van der Waals surface area contributed by atoms with Crippen molar-refractivity contribution < 1.29 is 18.5 Å². The summed E-state index contributed by atoms with van der Waals surface area (Å²) in [6, 6.07) is 27.3. The Balaban J connectivity index is 1.51. The van der Waals surface area contributed by atoms with Crippen LogP contribution in [0.2, 0.25) is 0 Å². The molecule has 5 rings (SSSR count). The molecular formula is C30H26N2O4S. The van der Waals surface area contributed by atoms with Crippen LogP contribution in [0.25, 0.3) is 0 Å². The SMILES string of the molecule is COc1ccc(CNC(=O)c2ccc3c(c2)N(Cc2ccccc2C)C(=O)c2ccccc2[S@]3=O)cc1. The van der Waals surface area contributed by atoms with Gasteiger partial charge in [-0.2, -0.15) is 0 Å². The Morgan fingerprint density at radius 3 is 2.41 bits per heavy atom. The minimum absolute atomic E-state index is 0.248. The molecular weight excluding hydrogens is 484 g/mol. The van der Waals surface area contributed by atoms with Crippen molar-refractivity contribution >= 4 is 28.3 Å². The largest absolute Gasteiger partial charge is 0.497 e. The molecule has 1 aliphatic heterocycles. The van der Waals surface area contributed by atoms with E-state index in [1.807, 2.05) is 55.5 Å². The highest BCUT2D eigenvalue weighted by Gasteiger charge is 2.31. The predicted molar refractivity (Wildman–Crippen MR) is 143 cm³/mol. The average molecular weight is 511 g/mol. The van der Waals surface area contributed by atoms with Gasteiger partial charge in [0.2, 0.25) is 0 Å². The predicted octanol–water partition coefficient (Wildman–Crippen LogP) is 5.26. The van der Waals surface area contributed by atoms with Gasteiger partial charge in [-0.25, -0.2) is 4.21 Å². The van der Waals surface area contributed by atoms with Crippen molar-refractivity contribution in [3.63, 3.8) is 0 Å². The van der Waals surface area contributed by atoms with Crippen LogP contribution in [0.1, 0.15) is 37.4 Å². The van der Waals surface area contributed by atoms with Crippen LogP contribution in [0.3, 0.4) is 0 Å². The van der Waals surface area contributed by atoms with E-state index in [-0.39, 0.29) is 11.8 Å². The maximum atomic E-state index is 13.8. The number of nitrogens with zero attached hydrogens (tertiary/aromatic N) is 1. The van der Waals surface area contributed by atoms with Gasteiger partial charge in [0.05, 0.1) is 45.5 Å². The Morgan fingerprint density at radius 2 is 1.65 bits per heavy atom. The van der Waals surface area contributed by atoms with Crippen molar-refractivity contribution in [2.75, 3.05) is 12.0 Å². The molecule has 0 unspecified atom stereocenters. The van der Waals surface area contributed by atoms with E-state index in [2.05, 4.69) is 5.32 Å². The molecule has 0 radical (unpaired) electrons. The fourth-order valence-corrected chi connectivity index (χ4v) is 5.69. The molecule has 0 bridgehead atoms. The Labute approximate surface area is 218 Å². The summed E-state index contributed by atoms with van der Waals surface area (Å²) in [5.41, 5.74) is 4.20. The lowest BCUT2D eigenvalue weighted by Gasteiger charge is -2.24. The molecule has 4 aromatic carbocycles. The Bertz CT molecular complexity index is 1510. The topological polar surface area (TPSA) is 75.7 Å². The van der Waals surface area contributed by atoms with Gasteiger partial charge in [-0.3, -0.25) is 9.59 Å². The highest BCUT2D eigenvalue weighted by atomic mass is 32.2. The van der Waals surface area contributed by atoms with Gasteiger partial charge < -0.3 is 15.0 Å². The van der Waals surface area contributed by atoms with Gasteiger partial charge >= 0.3 is 0 Å². The molecule has 0 aliphatic carbocycles. The molecule has 1 N–H and O–H groups in total. The van der Waals surface area contributed by atoms with E-state index in [9.17, 15) is 13.8 Å². The number of hydrogen-bond acceptors (Lipinski definition) is 4. The Hall–Kier alpha value is -4.23. The second-order valence-corrected chi connectivity index (χ2v) is 10.2. The molecule has 0 fully saturated rings. The highest BCUT2D eigenvalue weighted by molar-refractivity contribution is 7.85. The van der Waals surface area contributed by atoms with Crippen molar-refractivity contribution in [1.29, 1.82) is 0 Å². The third-order valence-corrected chi connectivity index (χ3v) is 7.98. The first-order valence-corrected chi connectivity index (χ1v) is 13.0. The number of nitrogens with one attached hydrogen (secondary N) is 1. The van der Waals surface area contributed by atoms with Crippen LogP contribution >= 0.6 is 0 Å². The molecule has 1 aliphatic rings. The normalized spacial score (nSPS) is 14.4. The van der Waals surface area contributed by atoms with Gasteiger partial charge in [0, 0.05) is 12.1 Å². The van der Waals surface area contributed by atoms with E-state index in [4.69, 9.17) is 4.74 Å². The molecule has 0 spiro atoms. The van der Waals surface area contributed by atoms with Crippen molar-refractivity contribution in [3.05, 3.63) is 119 Å². The lowest BCUT2D eigenvalue weighted by atomic mass is 10.1. The zero-order valence-electron chi connectivity index (χ0n) is 20.6. The second kappa shape index (κ2) is 10.4. The maximum Gasteiger partial charge on any atom is 0.259 e. The molecule has 2 amide bonds. The minimum Gasteiger partial charge on any atom is -0.497 e. The van der Waals surface area contributed by atoms with E-state index < -0.39 is 10.8 Å². The first kappa shape index (κ1) is 24.5. The zero-order valence-corrected chi connectivity index (χ0v) is 21.4. The van der Waals surface area contributed by atoms with Crippen molar-refractivity contribution in [3.8, 4) is 5.75 Å². The monoisotopic (exact) mass is 510 g/mol. The van der Waals surface area contributed by atoms with E-state index in [0.29, 0.717) is 39.7 Å². The number of aryl methyl sites for hydroxylation is 1. The molecule has 7 heteroatoms. The van der Waals surface area contributed by atoms with Crippen molar-refractivity contribution in [2.24, 2.45) is 0 Å². The van der Waals surface area contributed by atoms with Gasteiger partial charge in [-0.15, -0.1) is 0 Å². The lowest BCUT2D eigenvalue weighted by Crippen LogP contribution is -2.31. The van der Waals surface area contributed by atoms with Gasteiger partial charge in [-0.1, -0.05) is 48.5 Å². The summed E-state index contributed by atoms with van der Waals surface area (Å²) in [7, 11) is 0.0285. The first-order chi connectivity index (χ1) is 18.0. The number of methoxy groups -OCH3 is 1. The molecule has 0 saturated carbocycles. The van der Waals surface area contributed by atoms with Crippen molar-refractivity contribution in [2.45, 2.75) is 29.8 Å². The standard InChI is InChI=1S/C30H26N2O4S/c1-20-7-3-4-8-23(20)19-32-26-17-22(29(33)31-18-21-11-14-24(36-2)15-12-21)13-16-28(26)37(35)27-10-6-5-9-25(27)30(32)34/h3-17H,18-19H2,1-2H3,(H,31,33)/t37-/m1/s1. The number of rotatable bonds is 6. The van der Waals surface area contributed by atoms with E-state index in [1.54, 1.807) is 54.5 Å². The quantitative estimate of drug-likeness (QED) is 0.384. The molecule has 186 valence electrons. The number of anilines is 1. The maximum absolute atomic E-state index is 13.8. The van der Waals surface area contributed by atoms with Crippen LogP contribution in [0.5, 0.6) is 5.75 Å². The molecule has 6 nitrogen and oxygen atoms in total. The molecule has 37 heavy (non-hydrogen) atoms. The fourth-order valence-electron chi connectivity index (χ4n) is 4.35. The Morgan fingerprint density at radius 1 is 0.919 bits per heavy atom. The van der Waals surface area contributed by atoms with Gasteiger partial charge in [0.25, 0.3) is 11.8 Å².